The van der Waals surface area contributed by atoms with Crippen LogP contribution in [0.1, 0.15) is 41.6 Å². The molecule has 9 heteroatoms. The van der Waals surface area contributed by atoms with Gasteiger partial charge in [0.25, 0.3) is 5.91 Å². The molecule has 0 bridgehead atoms. The highest BCUT2D eigenvalue weighted by molar-refractivity contribution is 7.19. The monoisotopic (exact) mass is 425 g/mol. The maximum Gasteiger partial charge on any atom is 0.274 e. The number of aliphatic hydroxyl groups excluding tert-OH is 1. The molecule has 0 aliphatic rings. The van der Waals surface area contributed by atoms with Crippen molar-refractivity contribution in [1.82, 2.24) is 9.55 Å². The molecule has 1 unspecified atom stereocenters. The number of carbonyl (C=O) groups excluding carboxylic acids is 1. The highest BCUT2D eigenvalue weighted by atomic mass is 35.5. The van der Waals surface area contributed by atoms with Crippen molar-refractivity contribution in [2.24, 2.45) is 5.92 Å². The Morgan fingerprint density at radius 3 is 2.68 bits per heavy atom. The van der Waals surface area contributed by atoms with Crippen molar-refractivity contribution in [2.75, 3.05) is 5.32 Å². The van der Waals surface area contributed by atoms with E-state index in [9.17, 15) is 18.7 Å². The highest BCUT2D eigenvalue weighted by Crippen LogP contribution is 2.26. The van der Waals surface area contributed by atoms with E-state index in [0.717, 1.165) is 23.5 Å². The SMILES string of the molecule is CC(C)C(O)c1cc(C(=O)Nc2ncc(Cl)s2)n(Cc2ccc(F)c(F)c2)c1. The van der Waals surface area contributed by atoms with E-state index in [2.05, 4.69) is 10.3 Å². The van der Waals surface area contributed by atoms with Gasteiger partial charge in [-0.15, -0.1) is 0 Å². The maximum atomic E-state index is 13.5. The fraction of sp³-hybridized carbons (Fsp3) is 0.263. The molecule has 0 saturated heterocycles. The molecule has 2 N–H and O–H groups in total. The number of nitrogens with one attached hydrogen (secondary N) is 1. The van der Waals surface area contributed by atoms with E-state index in [1.54, 1.807) is 16.8 Å². The number of thiazole rings is 1. The first-order valence-electron chi connectivity index (χ1n) is 8.49. The predicted molar refractivity (Wildman–Crippen MR) is 105 cm³/mol. The summed E-state index contributed by atoms with van der Waals surface area (Å²) in [6, 6.07) is 5.14. The minimum absolute atomic E-state index is 0.0622. The van der Waals surface area contributed by atoms with E-state index in [1.807, 2.05) is 13.8 Å². The number of rotatable bonds is 6. The van der Waals surface area contributed by atoms with Gasteiger partial charge in [0.1, 0.15) is 10.0 Å². The van der Waals surface area contributed by atoms with Crippen LogP contribution in [0.15, 0.2) is 36.7 Å². The summed E-state index contributed by atoms with van der Waals surface area (Å²) < 4.78 is 28.8. The molecule has 0 fully saturated rings. The zero-order valence-corrected chi connectivity index (χ0v) is 16.7. The first-order valence-corrected chi connectivity index (χ1v) is 9.68. The summed E-state index contributed by atoms with van der Waals surface area (Å²) in [5.41, 5.74) is 1.29. The highest BCUT2D eigenvalue weighted by Gasteiger charge is 2.21. The van der Waals surface area contributed by atoms with Crippen molar-refractivity contribution >= 4 is 34.0 Å². The van der Waals surface area contributed by atoms with Gasteiger partial charge >= 0.3 is 0 Å². The van der Waals surface area contributed by atoms with Gasteiger partial charge in [-0.2, -0.15) is 0 Å². The zero-order chi connectivity index (χ0) is 20.4. The summed E-state index contributed by atoms with van der Waals surface area (Å²) in [7, 11) is 0. The maximum absolute atomic E-state index is 13.5. The molecule has 1 amide bonds. The Hall–Kier alpha value is -2.29. The van der Waals surface area contributed by atoms with Crippen molar-refractivity contribution < 1.29 is 18.7 Å². The van der Waals surface area contributed by atoms with Gasteiger partial charge in [-0.3, -0.25) is 10.1 Å². The van der Waals surface area contributed by atoms with Gasteiger partial charge in [0.2, 0.25) is 0 Å². The molecule has 148 valence electrons. The molecule has 28 heavy (non-hydrogen) atoms. The van der Waals surface area contributed by atoms with Crippen LogP contribution in [0.3, 0.4) is 0 Å². The summed E-state index contributed by atoms with van der Waals surface area (Å²) in [5, 5.41) is 13.4. The molecule has 0 saturated carbocycles. The predicted octanol–water partition coefficient (Wildman–Crippen LogP) is 4.87. The molecule has 2 heterocycles. The van der Waals surface area contributed by atoms with Crippen LogP contribution in [0.25, 0.3) is 0 Å². The van der Waals surface area contributed by atoms with Crippen molar-refractivity contribution in [1.29, 1.82) is 0 Å². The Labute approximate surface area is 169 Å². The number of nitrogens with zero attached hydrogens (tertiary/aromatic N) is 2. The average Bonchev–Trinajstić information content (AvgIpc) is 3.23. The van der Waals surface area contributed by atoms with Crippen LogP contribution in [-0.2, 0) is 6.54 Å². The number of hydrogen-bond donors (Lipinski definition) is 2. The number of amides is 1. The van der Waals surface area contributed by atoms with E-state index in [-0.39, 0.29) is 18.2 Å². The first kappa shape index (κ1) is 20.4. The van der Waals surface area contributed by atoms with E-state index in [1.165, 1.54) is 12.3 Å². The number of anilines is 1. The normalized spacial score (nSPS) is 12.4. The van der Waals surface area contributed by atoms with Gasteiger partial charge in [0.05, 0.1) is 12.3 Å². The Kier molecular flexibility index (Phi) is 6.12. The molecule has 0 spiro atoms. The smallest absolute Gasteiger partial charge is 0.274 e. The molecular weight excluding hydrogens is 408 g/mol. The summed E-state index contributed by atoms with van der Waals surface area (Å²) >= 11 is 6.95. The third kappa shape index (κ3) is 4.57. The molecule has 1 atom stereocenters. The minimum Gasteiger partial charge on any atom is -0.388 e. The lowest BCUT2D eigenvalue weighted by atomic mass is 10.0. The molecule has 0 radical (unpaired) electrons. The van der Waals surface area contributed by atoms with Crippen LogP contribution in [0.5, 0.6) is 0 Å². The van der Waals surface area contributed by atoms with Gasteiger partial charge in [-0.25, -0.2) is 13.8 Å². The number of hydrogen-bond acceptors (Lipinski definition) is 4. The summed E-state index contributed by atoms with van der Waals surface area (Å²) in [6.07, 6.45) is 2.29. The van der Waals surface area contributed by atoms with Crippen molar-refractivity contribution in [3.63, 3.8) is 0 Å². The lowest BCUT2D eigenvalue weighted by Crippen LogP contribution is -2.17. The van der Waals surface area contributed by atoms with Crippen LogP contribution in [0, 0.1) is 17.6 Å². The largest absolute Gasteiger partial charge is 0.388 e. The topological polar surface area (TPSA) is 67.2 Å². The Balaban J connectivity index is 1.93. The third-order valence-electron chi connectivity index (χ3n) is 4.16. The fourth-order valence-electron chi connectivity index (χ4n) is 2.71. The minimum atomic E-state index is -0.962. The summed E-state index contributed by atoms with van der Waals surface area (Å²) in [5.74, 6) is -2.41. The quantitative estimate of drug-likeness (QED) is 0.592. The number of aromatic nitrogens is 2. The number of carbonyl (C=O) groups is 1. The van der Waals surface area contributed by atoms with E-state index in [4.69, 9.17) is 11.6 Å². The molecular formula is C19H18ClF2N3O2S. The van der Waals surface area contributed by atoms with E-state index >= 15 is 0 Å². The molecule has 2 aromatic heterocycles. The fourth-order valence-corrected chi connectivity index (χ4v) is 3.52. The molecule has 0 aliphatic heterocycles. The first-order chi connectivity index (χ1) is 13.2. The van der Waals surface area contributed by atoms with Gasteiger partial charge in [-0.05, 0) is 35.2 Å². The van der Waals surface area contributed by atoms with Crippen molar-refractivity contribution in [3.05, 3.63) is 69.5 Å². The second-order valence-electron chi connectivity index (χ2n) is 6.65. The van der Waals surface area contributed by atoms with Gasteiger partial charge < -0.3 is 9.67 Å². The Morgan fingerprint density at radius 2 is 2.07 bits per heavy atom. The summed E-state index contributed by atoms with van der Waals surface area (Å²) in [4.78, 5) is 16.7. The molecule has 3 rings (SSSR count). The van der Waals surface area contributed by atoms with E-state index in [0.29, 0.717) is 20.6 Å². The standard InChI is InChI=1S/C19H18ClF2N3O2S/c1-10(2)17(26)12-6-15(18(27)24-19-23-7-16(20)28-19)25(9-12)8-11-3-4-13(21)14(22)5-11/h3-7,9-10,17,26H,8H2,1-2H3,(H,23,24,27). The molecule has 5 nitrogen and oxygen atoms in total. The van der Waals surface area contributed by atoms with Gasteiger partial charge in [0, 0.05) is 12.7 Å². The Morgan fingerprint density at radius 1 is 1.32 bits per heavy atom. The van der Waals surface area contributed by atoms with Crippen LogP contribution < -0.4 is 5.32 Å². The number of aliphatic hydroxyl groups is 1. The van der Waals surface area contributed by atoms with Crippen LogP contribution in [-0.4, -0.2) is 20.6 Å². The zero-order valence-electron chi connectivity index (χ0n) is 15.1. The lowest BCUT2D eigenvalue weighted by molar-refractivity contribution is 0.101. The van der Waals surface area contributed by atoms with Crippen molar-refractivity contribution in [2.45, 2.75) is 26.5 Å². The third-order valence-corrected chi connectivity index (χ3v) is 5.19. The average molecular weight is 426 g/mol. The van der Waals surface area contributed by atoms with Crippen LogP contribution in [0.2, 0.25) is 4.34 Å². The van der Waals surface area contributed by atoms with Crippen LogP contribution >= 0.6 is 22.9 Å². The Bertz CT molecular complexity index is 1000. The molecule has 0 aliphatic carbocycles. The second kappa shape index (κ2) is 8.38. The lowest BCUT2D eigenvalue weighted by Gasteiger charge is -2.12. The second-order valence-corrected chi connectivity index (χ2v) is 8.31. The van der Waals surface area contributed by atoms with Crippen molar-refractivity contribution in [3.8, 4) is 0 Å². The van der Waals surface area contributed by atoms with Gasteiger partial charge in [0.15, 0.2) is 16.8 Å². The van der Waals surface area contributed by atoms with Gasteiger partial charge in [-0.1, -0.05) is 42.9 Å². The molecule has 1 aromatic carbocycles. The van der Waals surface area contributed by atoms with Crippen LogP contribution in [0.4, 0.5) is 13.9 Å². The summed E-state index contributed by atoms with van der Waals surface area (Å²) in [6.45, 7) is 3.84. The van der Waals surface area contributed by atoms with E-state index < -0.39 is 23.6 Å². The number of benzene rings is 1. The molecule has 3 aromatic rings. The number of halogens is 3.